The first-order valence-electron chi connectivity index (χ1n) is 11.2. The van der Waals surface area contributed by atoms with E-state index in [1.165, 1.54) is 6.07 Å². The van der Waals surface area contributed by atoms with Crippen molar-refractivity contribution in [3.63, 3.8) is 0 Å². The van der Waals surface area contributed by atoms with E-state index < -0.39 is 5.82 Å². The van der Waals surface area contributed by atoms with Crippen LogP contribution in [-0.4, -0.2) is 38.9 Å². The highest BCUT2D eigenvalue weighted by Crippen LogP contribution is 2.24. The van der Waals surface area contributed by atoms with Gasteiger partial charge in [-0.1, -0.05) is 44.2 Å². The lowest BCUT2D eigenvalue weighted by atomic mass is 10.1. The third-order valence-electron chi connectivity index (χ3n) is 5.43. The van der Waals surface area contributed by atoms with Crippen molar-refractivity contribution in [1.29, 1.82) is 0 Å². The molecule has 170 valence electrons. The first-order valence-corrected chi connectivity index (χ1v) is 11.2. The molecule has 0 atom stereocenters. The van der Waals surface area contributed by atoms with Crippen molar-refractivity contribution in [3.05, 3.63) is 65.9 Å². The summed E-state index contributed by atoms with van der Waals surface area (Å²) in [7, 11) is 0. The fourth-order valence-corrected chi connectivity index (χ4v) is 3.84. The second kappa shape index (κ2) is 10.5. The van der Waals surface area contributed by atoms with Crippen molar-refractivity contribution in [1.82, 2.24) is 19.7 Å². The van der Waals surface area contributed by atoms with E-state index in [-0.39, 0.29) is 12.0 Å². The number of hydrogen-bond acceptors (Lipinski definition) is 6. The zero-order valence-electron chi connectivity index (χ0n) is 18.7. The van der Waals surface area contributed by atoms with Crippen LogP contribution in [0.25, 0.3) is 0 Å². The molecule has 32 heavy (non-hydrogen) atoms. The summed E-state index contributed by atoms with van der Waals surface area (Å²) in [5, 5.41) is 8.92. The number of aromatic nitrogens is 4. The Morgan fingerprint density at radius 2 is 1.81 bits per heavy atom. The van der Waals surface area contributed by atoms with E-state index in [0.717, 1.165) is 49.8 Å². The first-order chi connectivity index (χ1) is 15.6. The van der Waals surface area contributed by atoms with Gasteiger partial charge in [0.25, 0.3) is 5.88 Å². The van der Waals surface area contributed by atoms with Crippen LogP contribution in [0.2, 0.25) is 0 Å². The largest absolute Gasteiger partial charge is 0.472 e. The monoisotopic (exact) mass is 439 g/mol. The van der Waals surface area contributed by atoms with Gasteiger partial charge in [-0.3, -0.25) is 4.57 Å². The Hall–Kier alpha value is -3.00. The van der Waals surface area contributed by atoms with Crippen LogP contribution in [0.4, 0.5) is 10.3 Å². The maximum Gasteiger partial charge on any atom is 0.250 e. The van der Waals surface area contributed by atoms with Gasteiger partial charge in [-0.05, 0) is 23.6 Å². The van der Waals surface area contributed by atoms with Crippen LogP contribution in [0.3, 0.4) is 0 Å². The van der Waals surface area contributed by atoms with E-state index in [9.17, 15) is 4.39 Å². The molecule has 0 saturated carbocycles. The number of hydrogen-bond donors (Lipinski definition) is 0. The first kappa shape index (κ1) is 22.2. The van der Waals surface area contributed by atoms with Crippen molar-refractivity contribution in [2.24, 2.45) is 5.92 Å². The van der Waals surface area contributed by atoms with Crippen LogP contribution in [0, 0.1) is 11.7 Å². The van der Waals surface area contributed by atoms with Crippen molar-refractivity contribution in [2.75, 3.05) is 18.0 Å². The van der Waals surface area contributed by atoms with Crippen molar-refractivity contribution in [3.8, 4) is 5.88 Å². The summed E-state index contributed by atoms with van der Waals surface area (Å²) < 4.78 is 27.7. The maximum absolute atomic E-state index is 13.8. The second-order valence-corrected chi connectivity index (χ2v) is 8.49. The van der Waals surface area contributed by atoms with Crippen molar-refractivity contribution in [2.45, 2.75) is 52.6 Å². The predicted octanol–water partition coefficient (Wildman–Crippen LogP) is 4.23. The lowest BCUT2D eigenvalue weighted by Crippen LogP contribution is -2.40. The van der Waals surface area contributed by atoms with E-state index in [2.05, 4.69) is 38.5 Å². The Labute approximate surface area is 188 Å². The van der Waals surface area contributed by atoms with Gasteiger partial charge >= 0.3 is 0 Å². The van der Waals surface area contributed by atoms with E-state index in [1.807, 2.05) is 30.3 Å². The average molecular weight is 440 g/mol. The van der Waals surface area contributed by atoms with Gasteiger partial charge in [0.15, 0.2) is 11.6 Å². The molecule has 1 fully saturated rings. The van der Waals surface area contributed by atoms with Gasteiger partial charge < -0.3 is 14.4 Å². The molecule has 8 heteroatoms. The van der Waals surface area contributed by atoms with Gasteiger partial charge in [0.1, 0.15) is 12.7 Å². The van der Waals surface area contributed by atoms with E-state index in [1.54, 1.807) is 12.3 Å². The molecule has 0 spiro atoms. The van der Waals surface area contributed by atoms with Gasteiger partial charge in [-0.2, -0.15) is 0 Å². The summed E-state index contributed by atoms with van der Waals surface area (Å²) >= 11 is 0. The van der Waals surface area contributed by atoms with Gasteiger partial charge in [-0.25, -0.2) is 9.37 Å². The molecule has 1 aliphatic heterocycles. The number of nitrogens with zero attached hydrogens (tertiary/aromatic N) is 5. The SMILES string of the molecule is CC(C)Cn1c(COCc2ccccc2)nnc1N1CCC(Oc2ncccc2F)CC1. The molecule has 7 nitrogen and oxygen atoms in total. The van der Waals surface area contributed by atoms with E-state index >= 15 is 0 Å². The third-order valence-corrected chi connectivity index (χ3v) is 5.43. The van der Waals surface area contributed by atoms with E-state index in [4.69, 9.17) is 9.47 Å². The minimum Gasteiger partial charge on any atom is -0.472 e. The molecule has 0 N–H and O–H groups in total. The number of halogens is 1. The molecular weight excluding hydrogens is 409 g/mol. The molecule has 3 aromatic rings. The number of pyridine rings is 1. The topological polar surface area (TPSA) is 65.3 Å². The Morgan fingerprint density at radius 3 is 2.53 bits per heavy atom. The highest BCUT2D eigenvalue weighted by Gasteiger charge is 2.26. The fourth-order valence-electron chi connectivity index (χ4n) is 3.84. The molecule has 1 aromatic carbocycles. The Morgan fingerprint density at radius 1 is 1.03 bits per heavy atom. The molecular formula is C24H30FN5O2. The number of anilines is 1. The fraction of sp³-hybridized carbons (Fsp3) is 0.458. The summed E-state index contributed by atoms with van der Waals surface area (Å²) in [6, 6.07) is 13.0. The second-order valence-electron chi connectivity index (χ2n) is 8.49. The number of ether oxygens (including phenoxy) is 2. The quantitative estimate of drug-likeness (QED) is 0.497. The molecule has 1 aliphatic rings. The predicted molar refractivity (Wildman–Crippen MR) is 120 cm³/mol. The molecule has 0 aliphatic carbocycles. The highest BCUT2D eigenvalue weighted by molar-refractivity contribution is 5.32. The molecule has 4 rings (SSSR count). The molecule has 2 aromatic heterocycles. The Kier molecular flexibility index (Phi) is 7.32. The zero-order valence-corrected chi connectivity index (χ0v) is 18.7. The average Bonchev–Trinajstić information content (AvgIpc) is 3.18. The van der Waals surface area contributed by atoms with Gasteiger partial charge in [-0.15, -0.1) is 10.2 Å². The van der Waals surface area contributed by atoms with Crippen LogP contribution in [0.1, 0.15) is 38.1 Å². The lowest BCUT2D eigenvalue weighted by molar-refractivity contribution is 0.0986. The van der Waals surface area contributed by atoms with Crippen LogP contribution in [-0.2, 0) is 24.5 Å². The minimum atomic E-state index is -0.424. The summed E-state index contributed by atoms with van der Waals surface area (Å²) in [6.07, 6.45) is 3.02. The van der Waals surface area contributed by atoms with Gasteiger partial charge in [0, 0.05) is 38.7 Å². The zero-order chi connectivity index (χ0) is 22.3. The van der Waals surface area contributed by atoms with Gasteiger partial charge in [0.05, 0.1) is 6.61 Å². The minimum absolute atomic E-state index is 0.0641. The van der Waals surface area contributed by atoms with Gasteiger partial charge in [0.2, 0.25) is 5.95 Å². The smallest absolute Gasteiger partial charge is 0.250 e. The number of piperidine rings is 1. The Balaban J connectivity index is 1.38. The third kappa shape index (κ3) is 5.62. The molecule has 0 amide bonds. The van der Waals surface area contributed by atoms with Crippen LogP contribution < -0.4 is 9.64 Å². The molecule has 0 radical (unpaired) electrons. The normalized spacial score (nSPS) is 14.8. The summed E-state index contributed by atoms with van der Waals surface area (Å²) in [4.78, 5) is 6.23. The number of benzene rings is 1. The Bertz CT molecular complexity index is 987. The lowest BCUT2D eigenvalue weighted by Gasteiger charge is -2.32. The number of rotatable bonds is 9. The van der Waals surface area contributed by atoms with Crippen LogP contribution >= 0.6 is 0 Å². The highest BCUT2D eigenvalue weighted by atomic mass is 19.1. The van der Waals surface area contributed by atoms with Crippen molar-refractivity contribution >= 4 is 5.95 Å². The molecule has 0 bridgehead atoms. The maximum atomic E-state index is 13.8. The molecule has 1 saturated heterocycles. The van der Waals surface area contributed by atoms with Crippen LogP contribution in [0.5, 0.6) is 5.88 Å². The van der Waals surface area contributed by atoms with E-state index in [0.29, 0.717) is 19.1 Å². The summed E-state index contributed by atoms with van der Waals surface area (Å²) in [6.45, 7) is 7.66. The summed E-state index contributed by atoms with van der Waals surface area (Å²) in [5.41, 5.74) is 1.13. The molecule has 0 unspecified atom stereocenters. The standard InChI is InChI=1S/C24H30FN5O2/c1-18(2)15-30-22(17-31-16-19-7-4-3-5-8-19)27-28-24(30)29-13-10-20(11-14-29)32-23-21(25)9-6-12-26-23/h3-9,12,18,20H,10-11,13-17H2,1-2H3. The molecule has 3 heterocycles. The van der Waals surface area contributed by atoms with Crippen molar-refractivity contribution < 1.29 is 13.9 Å². The summed E-state index contributed by atoms with van der Waals surface area (Å²) in [5.74, 6) is 1.79. The van der Waals surface area contributed by atoms with Crippen LogP contribution in [0.15, 0.2) is 48.7 Å².